The lowest BCUT2D eigenvalue weighted by molar-refractivity contribution is -0.609. The van der Waals surface area contributed by atoms with E-state index in [1.165, 1.54) is 65.6 Å². The summed E-state index contributed by atoms with van der Waals surface area (Å²) in [4.78, 5) is 0. The van der Waals surface area contributed by atoms with E-state index in [9.17, 15) is 0 Å². The van der Waals surface area contributed by atoms with Crippen LogP contribution in [0.25, 0.3) is 32.7 Å². The SMILES string of the molecule is C[C@@H]1c2ccc3ccccc3c2-c2c(ccc3ccccc23)C=[N+]1[C@H](C)C(C)(C)C.c1ccc([B-](c2ccccc2)(c2ccccc2)c2ccccc2)cc1. The zero-order valence-electron chi connectivity index (χ0n) is 32.7. The fourth-order valence-electron chi connectivity index (χ4n) is 9.04. The van der Waals surface area contributed by atoms with E-state index in [1.807, 2.05) is 0 Å². The molecule has 0 amide bonds. The van der Waals surface area contributed by atoms with Crippen molar-refractivity contribution in [2.75, 3.05) is 0 Å². The van der Waals surface area contributed by atoms with Gasteiger partial charge in [0.15, 0.2) is 18.3 Å². The summed E-state index contributed by atoms with van der Waals surface area (Å²) in [5, 5.41) is 5.28. The molecule has 2 heteroatoms. The van der Waals surface area contributed by atoms with Crippen LogP contribution in [0.5, 0.6) is 0 Å². The Kier molecular flexibility index (Phi) is 9.85. The molecule has 0 N–H and O–H groups in total. The largest absolute Gasteiger partial charge is 0.226 e. The molecule has 0 saturated heterocycles. The second-order valence-electron chi connectivity index (χ2n) is 16.3. The topological polar surface area (TPSA) is 3.01 Å². The van der Waals surface area contributed by atoms with Gasteiger partial charge in [-0.15, -0.1) is 0 Å². The summed E-state index contributed by atoms with van der Waals surface area (Å²) in [6.45, 7) is 11.7. The first-order valence-electron chi connectivity index (χ1n) is 19.8. The summed E-state index contributed by atoms with van der Waals surface area (Å²) in [5.74, 6) is 0. The molecule has 0 unspecified atom stereocenters. The van der Waals surface area contributed by atoms with E-state index < -0.39 is 6.15 Å². The predicted molar refractivity (Wildman–Crippen MR) is 240 cm³/mol. The fraction of sp³-hybridized carbons (Fsp3) is 0.151. The van der Waals surface area contributed by atoms with Gasteiger partial charge in [-0.25, -0.2) is 4.58 Å². The van der Waals surface area contributed by atoms with Gasteiger partial charge in [-0.3, -0.25) is 0 Å². The highest BCUT2D eigenvalue weighted by Gasteiger charge is 2.37. The van der Waals surface area contributed by atoms with Crippen molar-refractivity contribution in [3.05, 3.63) is 205 Å². The van der Waals surface area contributed by atoms with Gasteiger partial charge in [-0.2, -0.15) is 21.9 Å². The van der Waals surface area contributed by atoms with E-state index in [2.05, 4.69) is 240 Å². The maximum absolute atomic E-state index is 2.58. The molecule has 1 nitrogen and oxygen atoms in total. The first-order valence-corrected chi connectivity index (χ1v) is 19.8. The van der Waals surface area contributed by atoms with Crippen molar-refractivity contribution in [3.63, 3.8) is 0 Å². The number of nitrogens with zero attached hydrogens (tertiary/aromatic N) is 1. The third kappa shape index (κ3) is 6.61. The Balaban J connectivity index is 0.000000158. The molecule has 8 aromatic rings. The Labute approximate surface area is 327 Å². The van der Waals surface area contributed by atoms with Crippen LogP contribution >= 0.6 is 0 Å². The average molecular weight is 712 g/mol. The van der Waals surface area contributed by atoms with Gasteiger partial charge in [-0.1, -0.05) is 209 Å². The van der Waals surface area contributed by atoms with Gasteiger partial charge in [0.2, 0.25) is 0 Å². The first kappa shape index (κ1) is 36.0. The molecule has 55 heavy (non-hydrogen) atoms. The van der Waals surface area contributed by atoms with E-state index in [4.69, 9.17) is 0 Å². The van der Waals surface area contributed by atoms with Gasteiger partial charge in [0, 0.05) is 34.6 Å². The van der Waals surface area contributed by atoms with E-state index in [1.54, 1.807) is 0 Å². The molecule has 9 rings (SSSR count). The lowest BCUT2D eigenvalue weighted by atomic mass is 9.13. The standard InChI is InChI=1S/C29H30N.C24H20B/c1-19-24-17-16-22-11-7-9-13-26(22)28(24)27-23(18-30(19)20(2)29(3,4)5)15-14-21-10-6-8-12-25(21)27;1-5-13-21(14-6-1)25(22-15-7-2-8-16-22,23-17-9-3-10-18-23)24-19-11-4-12-20-24/h6-20H,1-5H3;1-20H/q+1;-1/t19-,20-;/m1./s1. The predicted octanol–water partition coefficient (Wildman–Crippen LogP) is 10.7. The van der Waals surface area contributed by atoms with Crippen molar-refractivity contribution in [1.29, 1.82) is 0 Å². The summed E-state index contributed by atoms with van der Waals surface area (Å²) in [6, 6.07) is 71.1. The van der Waals surface area contributed by atoms with Crippen LogP contribution in [0.2, 0.25) is 0 Å². The van der Waals surface area contributed by atoms with Crippen LogP contribution in [0.4, 0.5) is 0 Å². The minimum Gasteiger partial charge on any atom is -0.226 e. The van der Waals surface area contributed by atoms with E-state index >= 15 is 0 Å². The quantitative estimate of drug-likeness (QED) is 0.124. The van der Waals surface area contributed by atoms with Crippen LogP contribution in [0.3, 0.4) is 0 Å². The van der Waals surface area contributed by atoms with E-state index in [0.717, 1.165) is 0 Å². The van der Waals surface area contributed by atoms with Crippen molar-refractivity contribution >= 4 is 55.8 Å². The lowest BCUT2D eigenvalue weighted by Crippen LogP contribution is -2.74. The summed E-state index contributed by atoms with van der Waals surface area (Å²) < 4.78 is 2.58. The highest BCUT2D eigenvalue weighted by molar-refractivity contribution is 7.19. The van der Waals surface area contributed by atoms with Gasteiger partial charge in [-0.05, 0) is 34.5 Å². The maximum atomic E-state index is 2.58. The van der Waals surface area contributed by atoms with Gasteiger partial charge in [0.05, 0.1) is 0 Å². The van der Waals surface area contributed by atoms with Crippen LogP contribution in [-0.4, -0.2) is 23.0 Å². The molecule has 270 valence electrons. The maximum Gasteiger partial charge on any atom is 0.176 e. The van der Waals surface area contributed by atoms with Crippen LogP contribution < -0.4 is 21.9 Å². The minimum atomic E-state index is -1.22. The Morgan fingerprint density at radius 1 is 0.455 bits per heavy atom. The van der Waals surface area contributed by atoms with Crippen molar-refractivity contribution < 1.29 is 4.58 Å². The van der Waals surface area contributed by atoms with Crippen molar-refractivity contribution in [3.8, 4) is 11.1 Å². The molecule has 8 aromatic carbocycles. The van der Waals surface area contributed by atoms with Crippen molar-refractivity contribution in [1.82, 2.24) is 0 Å². The van der Waals surface area contributed by atoms with Gasteiger partial charge < -0.3 is 0 Å². The molecule has 2 atom stereocenters. The molecular weight excluding hydrogens is 661 g/mol. The minimum absolute atomic E-state index is 0.184. The molecule has 0 saturated carbocycles. The second kappa shape index (κ2) is 15.0. The molecule has 0 fully saturated rings. The van der Waals surface area contributed by atoms with E-state index in [0.29, 0.717) is 12.1 Å². The van der Waals surface area contributed by atoms with Gasteiger partial charge in [0.1, 0.15) is 6.15 Å². The Morgan fingerprint density at radius 3 is 1.27 bits per heavy atom. The number of rotatable bonds is 5. The van der Waals surface area contributed by atoms with Gasteiger partial charge >= 0.3 is 0 Å². The Hall–Kier alpha value is -5.99. The van der Waals surface area contributed by atoms with E-state index in [-0.39, 0.29) is 5.41 Å². The molecule has 0 radical (unpaired) electrons. The smallest absolute Gasteiger partial charge is 0.176 e. The number of hydrogen-bond donors (Lipinski definition) is 0. The molecule has 1 heterocycles. The third-order valence-corrected chi connectivity index (χ3v) is 12.3. The number of fused-ring (bicyclic) bond motifs is 7. The molecule has 0 bridgehead atoms. The lowest BCUT2D eigenvalue weighted by Gasteiger charge is -2.44. The van der Waals surface area contributed by atoms with Crippen LogP contribution in [-0.2, 0) is 0 Å². The van der Waals surface area contributed by atoms with Crippen LogP contribution in [0, 0.1) is 5.41 Å². The zero-order valence-corrected chi connectivity index (χ0v) is 32.7. The fourth-order valence-corrected chi connectivity index (χ4v) is 9.04. The Bertz CT molecular complexity index is 2420. The molecule has 0 aromatic heterocycles. The molecule has 1 aliphatic rings. The molecule has 0 aliphatic carbocycles. The normalized spacial score (nSPS) is 14.5. The first-order chi connectivity index (χ1) is 26.8. The highest BCUT2D eigenvalue weighted by atomic mass is 15.1. The number of benzene rings is 8. The molecule has 1 aliphatic heterocycles. The van der Waals surface area contributed by atoms with Gasteiger partial charge in [0.25, 0.3) is 0 Å². The summed E-state index contributed by atoms with van der Waals surface area (Å²) in [7, 11) is 0. The third-order valence-electron chi connectivity index (χ3n) is 12.3. The highest BCUT2D eigenvalue weighted by Crippen LogP contribution is 2.44. The van der Waals surface area contributed by atoms with Crippen molar-refractivity contribution in [2.45, 2.75) is 46.7 Å². The molecule has 0 spiro atoms. The average Bonchev–Trinajstić information content (AvgIpc) is 3.36. The summed E-state index contributed by atoms with van der Waals surface area (Å²) in [5.41, 5.74) is 11.0. The summed E-state index contributed by atoms with van der Waals surface area (Å²) in [6.07, 6.45) is 1.20. The number of hydrogen-bond acceptors (Lipinski definition) is 0. The zero-order chi connectivity index (χ0) is 38.0. The summed E-state index contributed by atoms with van der Waals surface area (Å²) >= 11 is 0. The second-order valence-corrected chi connectivity index (χ2v) is 16.3. The van der Waals surface area contributed by atoms with Crippen LogP contribution in [0.1, 0.15) is 51.8 Å². The van der Waals surface area contributed by atoms with Crippen molar-refractivity contribution in [2.24, 2.45) is 5.41 Å². The van der Waals surface area contributed by atoms with Crippen LogP contribution in [0.15, 0.2) is 194 Å². The monoisotopic (exact) mass is 711 g/mol. The Morgan fingerprint density at radius 2 is 0.836 bits per heavy atom. The molecular formula is C53H50BN.